The number of hydrogen-bond donors (Lipinski definition) is 5. The Morgan fingerprint density at radius 1 is 1.15 bits per heavy atom. The summed E-state index contributed by atoms with van der Waals surface area (Å²) in [5.41, 5.74) is 0.188. The number of para-hydroxylation sites is 1. The zero-order chi connectivity index (χ0) is 29.2. The molecule has 0 saturated carbocycles. The van der Waals surface area contributed by atoms with E-state index in [2.05, 4.69) is 20.9 Å². The molecule has 0 saturated heterocycles. The molecule has 214 valence electrons. The van der Waals surface area contributed by atoms with Gasteiger partial charge in [-0.1, -0.05) is 62.2 Å². The van der Waals surface area contributed by atoms with Crippen LogP contribution in [0, 0.1) is 12.8 Å². The van der Waals surface area contributed by atoms with Gasteiger partial charge in [-0.25, -0.2) is 9.59 Å². The lowest BCUT2D eigenvalue weighted by Gasteiger charge is -2.36. The molecule has 0 fully saturated rings. The molecule has 0 aliphatic heterocycles. The first-order chi connectivity index (χ1) is 18.8. The van der Waals surface area contributed by atoms with Crippen molar-refractivity contribution < 1.29 is 32.7 Å². The summed E-state index contributed by atoms with van der Waals surface area (Å²) in [6.45, 7) is 5.80. The molecular formula is C29H33F3N4O4. The van der Waals surface area contributed by atoms with Crippen molar-refractivity contribution in [3.8, 4) is 0 Å². The van der Waals surface area contributed by atoms with Crippen molar-refractivity contribution >= 4 is 28.8 Å². The van der Waals surface area contributed by atoms with Crippen LogP contribution in [-0.2, 0) is 35.2 Å². The van der Waals surface area contributed by atoms with E-state index in [-0.39, 0.29) is 42.6 Å². The van der Waals surface area contributed by atoms with Crippen LogP contribution in [0.15, 0.2) is 42.5 Å². The second-order valence-electron chi connectivity index (χ2n) is 10.5. The number of aliphatic carboxylic acids is 1. The molecule has 1 heterocycles. The van der Waals surface area contributed by atoms with Crippen LogP contribution in [-0.4, -0.2) is 39.6 Å². The minimum absolute atomic E-state index is 0.0258. The molecule has 0 spiro atoms. The van der Waals surface area contributed by atoms with Crippen molar-refractivity contribution in [1.82, 2.24) is 20.9 Å². The van der Waals surface area contributed by atoms with E-state index in [1.54, 1.807) is 6.92 Å². The maximum absolute atomic E-state index is 13.6. The minimum Gasteiger partial charge on any atom is -0.479 e. The van der Waals surface area contributed by atoms with E-state index < -0.39 is 41.2 Å². The fourth-order valence-electron chi connectivity index (χ4n) is 5.26. The van der Waals surface area contributed by atoms with Gasteiger partial charge in [-0.2, -0.15) is 13.2 Å². The molecule has 1 unspecified atom stereocenters. The smallest absolute Gasteiger partial charge is 0.418 e. The number of amides is 3. The van der Waals surface area contributed by atoms with Gasteiger partial charge >= 0.3 is 18.2 Å². The number of alkyl halides is 3. The number of nitrogens with one attached hydrogen (secondary N) is 4. The number of rotatable bonds is 8. The number of aromatic amines is 1. The zero-order valence-corrected chi connectivity index (χ0v) is 22.5. The monoisotopic (exact) mass is 558 g/mol. The SMILES string of the molecule is CCC(C)[C@H](NC(=O)NCc1cccc(C)c1)C(=O)N[C@]1(C(=O)O)CCc2[nH]c3c(C(F)(F)F)cccc3c2C1. The highest BCUT2D eigenvalue weighted by Gasteiger charge is 2.46. The maximum atomic E-state index is 13.6. The highest BCUT2D eigenvalue weighted by molar-refractivity contribution is 5.94. The summed E-state index contributed by atoms with van der Waals surface area (Å²) in [6, 6.07) is 9.77. The lowest BCUT2D eigenvalue weighted by atomic mass is 9.79. The van der Waals surface area contributed by atoms with Crippen LogP contribution < -0.4 is 16.0 Å². The highest BCUT2D eigenvalue weighted by atomic mass is 19.4. The van der Waals surface area contributed by atoms with Gasteiger partial charge in [-0.15, -0.1) is 0 Å². The van der Waals surface area contributed by atoms with Crippen molar-refractivity contribution in [3.05, 3.63) is 70.4 Å². The van der Waals surface area contributed by atoms with E-state index in [1.807, 2.05) is 38.1 Å². The molecule has 3 amide bonds. The van der Waals surface area contributed by atoms with Crippen molar-refractivity contribution in [2.75, 3.05) is 0 Å². The number of benzene rings is 2. The number of urea groups is 1. The van der Waals surface area contributed by atoms with Crippen LogP contribution >= 0.6 is 0 Å². The summed E-state index contributed by atoms with van der Waals surface area (Å²) in [7, 11) is 0. The molecule has 4 rings (SSSR count). The lowest BCUT2D eigenvalue weighted by molar-refractivity contribution is -0.148. The molecule has 3 aromatic rings. The van der Waals surface area contributed by atoms with Gasteiger partial charge in [0.1, 0.15) is 11.6 Å². The van der Waals surface area contributed by atoms with Crippen molar-refractivity contribution in [2.24, 2.45) is 5.92 Å². The van der Waals surface area contributed by atoms with E-state index in [4.69, 9.17) is 0 Å². The summed E-state index contributed by atoms with van der Waals surface area (Å²) in [4.78, 5) is 41.6. The van der Waals surface area contributed by atoms with E-state index in [9.17, 15) is 32.7 Å². The number of fused-ring (bicyclic) bond motifs is 3. The predicted molar refractivity (Wildman–Crippen MR) is 144 cm³/mol. The summed E-state index contributed by atoms with van der Waals surface area (Å²) in [5, 5.41) is 18.6. The van der Waals surface area contributed by atoms with Crippen molar-refractivity contribution in [1.29, 1.82) is 0 Å². The molecule has 1 aromatic heterocycles. The maximum Gasteiger partial charge on any atom is 0.418 e. The Morgan fingerprint density at radius 3 is 2.52 bits per heavy atom. The number of halogens is 3. The minimum atomic E-state index is -4.58. The standard InChI is InChI=1S/C29H33F3N4O4/c1-4-17(3)23(35-27(40)33-15-18-8-5-7-16(2)13-18)25(37)36-28(26(38)39)12-11-22-20(14-28)19-9-6-10-21(24(19)34-22)29(30,31)32/h5-10,13,17,23,34H,4,11-12,14-15H2,1-3H3,(H,36,37)(H,38,39)(H2,33,35,40)/t17?,23-,28+/m0/s1. The average molecular weight is 559 g/mol. The highest BCUT2D eigenvalue weighted by Crippen LogP contribution is 2.40. The van der Waals surface area contributed by atoms with E-state index in [0.717, 1.165) is 17.2 Å². The molecule has 1 aliphatic rings. The number of carboxylic acid groups (broad SMARTS) is 1. The van der Waals surface area contributed by atoms with E-state index in [1.165, 1.54) is 12.1 Å². The van der Waals surface area contributed by atoms with Crippen molar-refractivity contribution in [3.63, 3.8) is 0 Å². The predicted octanol–water partition coefficient (Wildman–Crippen LogP) is 4.84. The molecule has 0 bridgehead atoms. The normalized spacial score (nSPS) is 18.4. The number of H-pyrrole nitrogens is 1. The number of carbonyl (C=O) groups is 3. The van der Waals surface area contributed by atoms with Crippen LogP contribution in [0.4, 0.5) is 18.0 Å². The van der Waals surface area contributed by atoms with Gasteiger partial charge in [-0.3, -0.25) is 4.79 Å². The molecule has 8 nitrogen and oxygen atoms in total. The van der Waals surface area contributed by atoms with Gasteiger partial charge in [0.15, 0.2) is 0 Å². The number of carbonyl (C=O) groups excluding carboxylic acids is 2. The fourth-order valence-corrected chi connectivity index (χ4v) is 5.26. The first-order valence-corrected chi connectivity index (χ1v) is 13.2. The first-order valence-electron chi connectivity index (χ1n) is 13.2. The van der Waals surface area contributed by atoms with Crippen LogP contribution in [0.5, 0.6) is 0 Å². The summed E-state index contributed by atoms with van der Waals surface area (Å²) in [5.74, 6) is -2.28. The number of hydrogen-bond acceptors (Lipinski definition) is 3. The zero-order valence-electron chi connectivity index (χ0n) is 22.5. The quantitative estimate of drug-likeness (QED) is 0.272. The molecule has 3 atom stereocenters. The van der Waals surface area contributed by atoms with Gasteiger partial charge in [0.25, 0.3) is 0 Å². The summed E-state index contributed by atoms with van der Waals surface area (Å²) >= 11 is 0. The molecule has 1 aliphatic carbocycles. The number of aromatic nitrogens is 1. The Kier molecular flexibility index (Phi) is 8.13. The van der Waals surface area contributed by atoms with Gasteiger partial charge in [0.2, 0.25) is 5.91 Å². The largest absolute Gasteiger partial charge is 0.479 e. The Bertz CT molecular complexity index is 1430. The molecule has 2 aromatic carbocycles. The second-order valence-corrected chi connectivity index (χ2v) is 10.5. The van der Waals surface area contributed by atoms with E-state index >= 15 is 0 Å². The van der Waals surface area contributed by atoms with Gasteiger partial charge in [-0.05, 0) is 42.9 Å². The summed E-state index contributed by atoms with van der Waals surface area (Å²) in [6.07, 6.45) is -4.14. The van der Waals surface area contributed by atoms with Crippen LogP contribution in [0.1, 0.15) is 54.6 Å². The third kappa shape index (κ3) is 5.93. The van der Waals surface area contributed by atoms with Crippen LogP contribution in [0.25, 0.3) is 10.9 Å². The fraction of sp³-hybridized carbons (Fsp3) is 0.414. The Balaban J connectivity index is 1.55. The first kappa shape index (κ1) is 29.0. The van der Waals surface area contributed by atoms with E-state index in [0.29, 0.717) is 17.7 Å². The van der Waals surface area contributed by atoms with Gasteiger partial charge in [0.05, 0.1) is 11.1 Å². The van der Waals surface area contributed by atoms with Gasteiger partial charge in [0, 0.05) is 24.0 Å². The number of aryl methyl sites for hydroxylation is 2. The third-order valence-electron chi connectivity index (χ3n) is 7.70. The topological polar surface area (TPSA) is 123 Å². The van der Waals surface area contributed by atoms with Crippen molar-refractivity contribution in [2.45, 2.75) is 70.8 Å². The third-order valence-corrected chi connectivity index (χ3v) is 7.70. The number of carboxylic acids is 1. The lowest BCUT2D eigenvalue weighted by Crippen LogP contribution is -2.63. The van der Waals surface area contributed by atoms with Crippen LogP contribution in [0.2, 0.25) is 0 Å². The molecule has 40 heavy (non-hydrogen) atoms. The molecular weight excluding hydrogens is 525 g/mol. The summed E-state index contributed by atoms with van der Waals surface area (Å²) < 4.78 is 40.8. The Morgan fingerprint density at radius 2 is 1.88 bits per heavy atom. The van der Waals surface area contributed by atoms with Gasteiger partial charge < -0.3 is 26.0 Å². The molecule has 5 N–H and O–H groups in total. The second kappa shape index (κ2) is 11.2. The van der Waals surface area contributed by atoms with Crippen LogP contribution in [0.3, 0.4) is 0 Å². The Labute approximate surface area is 229 Å². The average Bonchev–Trinajstić information content (AvgIpc) is 3.27. The molecule has 11 heteroatoms. The Hall–Kier alpha value is -4.02. The molecule has 0 radical (unpaired) electrons.